The quantitative estimate of drug-likeness (QED) is 0.549. The Morgan fingerprint density at radius 1 is 1.23 bits per heavy atom. The number of fused-ring (bicyclic) bond motifs is 1. The van der Waals surface area contributed by atoms with E-state index in [9.17, 15) is 0 Å². The zero-order chi connectivity index (χ0) is 15.5. The van der Waals surface area contributed by atoms with Crippen molar-refractivity contribution in [3.8, 4) is 5.75 Å². The molecule has 0 saturated heterocycles. The van der Waals surface area contributed by atoms with Gasteiger partial charge in [0.1, 0.15) is 5.75 Å². The molecule has 3 aromatic rings. The molecule has 0 aliphatic heterocycles. The van der Waals surface area contributed by atoms with Crippen LogP contribution < -0.4 is 10.5 Å². The topological polar surface area (TPSA) is 63.9 Å². The highest BCUT2D eigenvalue weighted by Crippen LogP contribution is 2.27. The van der Waals surface area contributed by atoms with Gasteiger partial charge >= 0.3 is 0 Å². The molecule has 0 aliphatic rings. The Bertz CT molecular complexity index is 798. The van der Waals surface area contributed by atoms with Crippen LogP contribution in [0.1, 0.15) is 18.1 Å². The Morgan fingerprint density at radius 2 is 2.09 bits per heavy atom. The SMILES string of the molecule is CCOc1ccc2nc(SCc3cc(C)ccc3N)[nH]c2c1. The van der Waals surface area contributed by atoms with Crippen molar-refractivity contribution >= 4 is 28.5 Å². The van der Waals surface area contributed by atoms with Crippen LogP contribution in [0.2, 0.25) is 0 Å². The molecule has 114 valence electrons. The number of hydrogen-bond donors (Lipinski definition) is 2. The molecule has 22 heavy (non-hydrogen) atoms. The number of ether oxygens (including phenoxy) is 1. The molecule has 0 aliphatic carbocycles. The van der Waals surface area contributed by atoms with Crippen molar-refractivity contribution in [3.63, 3.8) is 0 Å². The Balaban J connectivity index is 1.77. The lowest BCUT2D eigenvalue weighted by atomic mass is 10.1. The van der Waals surface area contributed by atoms with Gasteiger partial charge in [0.05, 0.1) is 17.6 Å². The number of aromatic nitrogens is 2. The minimum Gasteiger partial charge on any atom is -0.494 e. The number of hydrogen-bond acceptors (Lipinski definition) is 4. The van der Waals surface area contributed by atoms with E-state index < -0.39 is 0 Å². The average Bonchev–Trinajstić information content (AvgIpc) is 2.90. The van der Waals surface area contributed by atoms with Crippen LogP contribution in [0.4, 0.5) is 5.69 Å². The monoisotopic (exact) mass is 313 g/mol. The van der Waals surface area contributed by atoms with Crippen molar-refractivity contribution in [3.05, 3.63) is 47.5 Å². The highest BCUT2D eigenvalue weighted by molar-refractivity contribution is 7.98. The number of nitrogens with one attached hydrogen (secondary N) is 1. The second-order valence-corrected chi connectivity index (χ2v) is 6.11. The fourth-order valence-corrected chi connectivity index (χ4v) is 3.18. The first-order valence-corrected chi connectivity index (χ1v) is 8.24. The highest BCUT2D eigenvalue weighted by atomic mass is 32.2. The molecular formula is C17H19N3OS. The molecular weight excluding hydrogens is 294 g/mol. The normalized spacial score (nSPS) is 11.0. The predicted octanol–water partition coefficient (Wildman–Crippen LogP) is 4.14. The number of thioether (sulfide) groups is 1. The average molecular weight is 313 g/mol. The lowest BCUT2D eigenvalue weighted by molar-refractivity contribution is 0.340. The number of aryl methyl sites for hydroxylation is 1. The van der Waals surface area contributed by atoms with Crippen LogP contribution >= 0.6 is 11.8 Å². The number of anilines is 1. The van der Waals surface area contributed by atoms with Gasteiger partial charge in [0.2, 0.25) is 0 Å². The Hall–Kier alpha value is -2.14. The van der Waals surface area contributed by atoms with Gasteiger partial charge in [-0.05, 0) is 37.6 Å². The van der Waals surface area contributed by atoms with Gasteiger partial charge in [0.25, 0.3) is 0 Å². The molecule has 3 rings (SSSR count). The van der Waals surface area contributed by atoms with Crippen LogP contribution in [0.3, 0.4) is 0 Å². The minimum absolute atomic E-state index is 0.661. The van der Waals surface area contributed by atoms with Gasteiger partial charge in [0, 0.05) is 17.5 Å². The minimum atomic E-state index is 0.661. The first-order chi connectivity index (χ1) is 10.7. The lowest BCUT2D eigenvalue weighted by Gasteiger charge is -2.05. The summed E-state index contributed by atoms with van der Waals surface area (Å²) in [5.41, 5.74) is 11.1. The molecule has 5 heteroatoms. The highest BCUT2D eigenvalue weighted by Gasteiger charge is 2.07. The fraction of sp³-hybridized carbons (Fsp3) is 0.235. The first-order valence-electron chi connectivity index (χ1n) is 7.26. The van der Waals surface area contributed by atoms with E-state index in [1.165, 1.54) is 5.56 Å². The summed E-state index contributed by atoms with van der Waals surface area (Å²) < 4.78 is 5.51. The van der Waals surface area contributed by atoms with Crippen LogP contribution in [0.15, 0.2) is 41.6 Å². The number of H-pyrrole nitrogens is 1. The third-order valence-electron chi connectivity index (χ3n) is 3.41. The summed E-state index contributed by atoms with van der Waals surface area (Å²) in [7, 11) is 0. The second kappa shape index (κ2) is 6.32. The fourth-order valence-electron chi connectivity index (χ4n) is 2.30. The molecule has 0 radical (unpaired) electrons. The maximum absolute atomic E-state index is 6.02. The third-order valence-corrected chi connectivity index (χ3v) is 4.33. The van der Waals surface area contributed by atoms with Crippen LogP contribution in [-0.4, -0.2) is 16.6 Å². The van der Waals surface area contributed by atoms with Crippen molar-refractivity contribution in [2.24, 2.45) is 0 Å². The number of nitrogens with two attached hydrogens (primary N) is 1. The van der Waals surface area contributed by atoms with Gasteiger partial charge in [-0.1, -0.05) is 29.5 Å². The van der Waals surface area contributed by atoms with Gasteiger partial charge in [-0.2, -0.15) is 0 Å². The van der Waals surface area contributed by atoms with Gasteiger partial charge in [0.15, 0.2) is 5.16 Å². The van der Waals surface area contributed by atoms with E-state index in [2.05, 4.69) is 23.0 Å². The van der Waals surface area contributed by atoms with E-state index in [1.807, 2.05) is 37.3 Å². The number of benzene rings is 2. The van der Waals surface area contributed by atoms with Gasteiger partial charge < -0.3 is 15.5 Å². The zero-order valence-electron chi connectivity index (χ0n) is 12.7. The number of nitrogens with zero attached hydrogens (tertiary/aromatic N) is 1. The smallest absolute Gasteiger partial charge is 0.166 e. The molecule has 0 bridgehead atoms. The van der Waals surface area contributed by atoms with Crippen molar-refractivity contribution in [1.82, 2.24) is 9.97 Å². The van der Waals surface area contributed by atoms with E-state index >= 15 is 0 Å². The molecule has 1 heterocycles. The molecule has 1 aromatic heterocycles. The van der Waals surface area contributed by atoms with Gasteiger partial charge in [-0.3, -0.25) is 0 Å². The summed E-state index contributed by atoms with van der Waals surface area (Å²) in [6, 6.07) is 12.0. The van der Waals surface area contributed by atoms with E-state index in [1.54, 1.807) is 11.8 Å². The van der Waals surface area contributed by atoms with Crippen molar-refractivity contribution in [2.75, 3.05) is 12.3 Å². The Labute approximate surface area is 134 Å². The largest absolute Gasteiger partial charge is 0.494 e. The molecule has 0 fully saturated rings. The third kappa shape index (κ3) is 3.20. The van der Waals surface area contributed by atoms with E-state index in [0.717, 1.165) is 38.9 Å². The zero-order valence-corrected chi connectivity index (χ0v) is 13.5. The van der Waals surface area contributed by atoms with Crippen LogP contribution in [-0.2, 0) is 5.75 Å². The summed E-state index contributed by atoms with van der Waals surface area (Å²) in [6.07, 6.45) is 0. The summed E-state index contributed by atoms with van der Waals surface area (Å²) >= 11 is 1.65. The second-order valence-electron chi connectivity index (χ2n) is 5.14. The van der Waals surface area contributed by atoms with Crippen molar-refractivity contribution < 1.29 is 4.74 Å². The molecule has 0 atom stereocenters. The maximum Gasteiger partial charge on any atom is 0.166 e. The Kier molecular flexibility index (Phi) is 4.24. The summed E-state index contributed by atoms with van der Waals surface area (Å²) in [6.45, 7) is 4.71. The van der Waals surface area contributed by atoms with Gasteiger partial charge in [-0.15, -0.1) is 0 Å². The summed E-state index contributed by atoms with van der Waals surface area (Å²) in [5, 5.41) is 0.893. The predicted molar refractivity (Wildman–Crippen MR) is 92.4 cm³/mol. The molecule has 4 nitrogen and oxygen atoms in total. The van der Waals surface area contributed by atoms with Crippen molar-refractivity contribution in [2.45, 2.75) is 24.8 Å². The number of rotatable bonds is 5. The molecule has 0 unspecified atom stereocenters. The van der Waals surface area contributed by atoms with Crippen LogP contribution in [0, 0.1) is 6.92 Å². The number of aromatic amines is 1. The lowest BCUT2D eigenvalue weighted by Crippen LogP contribution is -1.93. The molecule has 0 amide bonds. The summed E-state index contributed by atoms with van der Waals surface area (Å²) in [5.74, 6) is 1.66. The standard InChI is InChI=1S/C17H19N3OS/c1-3-21-13-5-7-15-16(9-13)20-17(19-15)22-10-12-8-11(2)4-6-14(12)18/h4-9H,3,10,18H2,1-2H3,(H,19,20). The maximum atomic E-state index is 6.02. The van der Waals surface area contributed by atoms with E-state index in [0.29, 0.717) is 6.61 Å². The molecule has 2 aromatic carbocycles. The summed E-state index contributed by atoms with van der Waals surface area (Å²) in [4.78, 5) is 7.92. The Morgan fingerprint density at radius 3 is 2.91 bits per heavy atom. The molecule has 0 spiro atoms. The first kappa shape index (κ1) is 14.8. The molecule has 3 N–H and O–H groups in total. The van der Waals surface area contributed by atoms with Crippen LogP contribution in [0.25, 0.3) is 11.0 Å². The van der Waals surface area contributed by atoms with Gasteiger partial charge in [-0.25, -0.2) is 4.98 Å². The van der Waals surface area contributed by atoms with Crippen LogP contribution in [0.5, 0.6) is 5.75 Å². The van der Waals surface area contributed by atoms with E-state index in [4.69, 9.17) is 10.5 Å². The molecule has 0 saturated carbocycles. The number of imidazole rings is 1. The van der Waals surface area contributed by atoms with E-state index in [-0.39, 0.29) is 0 Å². The van der Waals surface area contributed by atoms with Crippen molar-refractivity contribution in [1.29, 1.82) is 0 Å². The number of nitrogen functional groups attached to an aromatic ring is 1.